The van der Waals surface area contributed by atoms with Crippen molar-refractivity contribution in [3.05, 3.63) is 329 Å². The van der Waals surface area contributed by atoms with Gasteiger partial charge < -0.3 is 4.90 Å². The van der Waals surface area contributed by atoms with Crippen molar-refractivity contribution in [2.24, 2.45) is 0 Å². The number of anilines is 3. The number of rotatable bonds is 8. The first kappa shape index (κ1) is 42.1. The highest BCUT2D eigenvalue weighted by Gasteiger charge is 2.47. The molecule has 1 heteroatoms. The molecule has 72 heavy (non-hydrogen) atoms. The van der Waals surface area contributed by atoms with Gasteiger partial charge in [-0.2, -0.15) is 0 Å². The molecule has 11 aromatic carbocycles. The van der Waals surface area contributed by atoms with Crippen LogP contribution in [0.25, 0.3) is 44.5 Å². The Kier molecular flexibility index (Phi) is 9.44. The van der Waals surface area contributed by atoms with Gasteiger partial charge in [0, 0.05) is 27.9 Å². The Bertz CT molecular complexity index is 3840. The van der Waals surface area contributed by atoms with Crippen LogP contribution in [0.2, 0.25) is 0 Å². The van der Waals surface area contributed by atoms with E-state index in [0.717, 1.165) is 17.1 Å². The molecule has 0 amide bonds. The minimum absolute atomic E-state index is 0.372. The fraction of sp³-hybridized carbons (Fsp3) is 0.0704. The van der Waals surface area contributed by atoms with Gasteiger partial charge >= 0.3 is 0 Å². The van der Waals surface area contributed by atoms with Crippen molar-refractivity contribution in [2.45, 2.75) is 30.1 Å². The van der Waals surface area contributed by atoms with E-state index in [0.29, 0.717) is 0 Å². The lowest BCUT2D eigenvalue weighted by Crippen LogP contribution is -2.28. The van der Waals surface area contributed by atoms with Crippen LogP contribution in [0.15, 0.2) is 273 Å². The van der Waals surface area contributed by atoms with E-state index in [1.165, 1.54) is 100 Å². The van der Waals surface area contributed by atoms with Crippen molar-refractivity contribution in [1.29, 1.82) is 0 Å². The first-order chi connectivity index (χ1) is 35.5. The molecule has 0 N–H and O–H groups in total. The van der Waals surface area contributed by atoms with Crippen molar-refractivity contribution in [1.82, 2.24) is 0 Å². The van der Waals surface area contributed by atoms with Gasteiger partial charge in [-0.15, -0.1) is 0 Å². The summed E-state index contributed by atoms with van der Waals surface area (Å²) < 4.78 is 0. The lowest BCUT2D eigenvalue weighted by molar-refractivity contribution is 0.713. The Balaban J connectivity index is 1.05. The Labute approximate surface area is 423 Å². The molecule has 0 aliphatic heterocycles. The molecule has 0 saturated heterocycles. The molecule has 11 aromatic rings. The zero-order valence-electron chi connectivity index (χ0n) is 40.4. The van der Waals surface area contributed by atoms with E-state index in [2.05, 4.69) is 292 Å². The SMILES string of the molecule is CC1(c2ccccc2)c2ccccc2-c2ccc(N(c3ccc4c(c3)C(C)(c3ccccc3)c3cccc(-c5ccccc5)c3-4)c3ccc4c(c3)C(c3ccccc3)(c3ccccc3)c3ccccc3-4)cc21. The highest BCUT2D eigenvalue weighted by Crippen LogP contribution is 2.60. The topological polar surface area (TPSA) is 3.24 Å². The van der Waals surface area contributed by atoms with Gasteiger partial charge in [-0.05, 0) is 150 Å². The lowest BCUT2D eigenvalue weighted by atomic mass is 9.67. The summed E-state index contributed by atoms with van der Waals surface area (Å²) in [6, 6.07) is 102. The smallest absolute Gasteiger partial charge is 0.0714 e. The molecule has 2 unspecified atom stereocenters. The molecule has 2 atom stereocenters. The number of benzene rings is 11. The van der Waals surface area contributed by atoms with Crippen LogP contribution in [0.3, 0.4) is 0 Å². The van der Waals surface area contributed by atoms with Gasteiger partial charge in [0.2, 0.25) is 0 Å². The molecule has 340 valence electrons. The van der Waals surface area contributed by atoms with Crippen molar-refractivity contribution >= 4 is 17.1 Å². The van der Waals surface area contributed by atoms with E-state index in [9.17, 15) is 0 Å². The molecule has 0 bridgehead atoms. The highest BCUT2D eigenvalue weighted by atomic mass is 15.1. The number of hydrogen-bond donors (Lipinski definition) is 0. The lowest BCUT2D eigenvalue weighted by Gasteiger charge is -2.35. The third-order valence-electron chi connectivity index (χ3n) is 16.7. The quantitative estimate of drug-likeness (QED) is 0.147. The molecule has 0 fully saturated rings. The van der Waals surface area contributed by atoms with E-state index in [4.69, 9.17) is 0 Å². The predicted octanol–water partition coefficient (Wildman–Crippen LogP) is 17.9. The largest absolute Gasteiger partial charge is 0.310 e. The van der Waals surface area contributed by atoms with Gasteiger partial charge in [0.1, 0.15) is 0 Å². The molecule has 0 saturated carbocycles. The molecular weight excluding hydrogens is 867 g/mol. The van der Waals surface area contributed by atoms with Crippen LogP contribution in [0, 0.1) is 0 Å². The summed E-state index contributed by atoms with van der Waals surface area (Å²) in [4.78, 5) is 2.55. The third-order valence-corrected chi connectivity index (χ3v) is 16.7. The van der Waals surface area contributed by atoms with Gasteiger partial charge in [0.15, 0.2) is 0 Å². The van der Waals surface area contributed by atoms with Crippen LogP contribution >= 0.6 is 0 Å². The Morgan fingerprint density at radius 1 is 0.250 bits per heavy atom. The van der Waals surface area contributed by atoms with E-state index in [1.54, 1.807) is 0 Å². The molecule has 0 spiro atoms. The van der Waals surface area contributed by atoms with Gasteiger partial charge in [0.25, 0.3) is 0 Å². The highest BCUT2D eigenvalue weighted by molar-refractivity contribution is 5.97. The molecule has 0 radical (unpaired) electrons. The Morgan fingerprint density at radius 3 is 1.17 bits per heavy atom. The fourth-order valence-electron chi connectivity index (χ4n) is 13.4. The summed E-state index contributed by atoms with van der Waals surface area (Å²) in [5.41, 5.74) is 25.1. The summed E-state index contributed by atoms with van der Waals surface area (Å²) in [6.07, 6.45) is 0. The van der Waals surface area contributed by atoms with Crippen LogP contribution in [0.1, 0.15) is 69.5 Å². The van der Waals surface area contributed by atoms with E-state index in [1.807, 2.05) is 0 Å². The summed E-state index contributed by atoms with van der Waals surface area (Å²) in [7, 11) is 0. The predicted molar refractivity (Wildman–Crippen MR) is 299 cm³/mol. The average molecular weight is 918 g/mol. The van der Waals surface area contributed by atoms with Crippen LogP contribution < -0.4 is 4.90 Å². The van der Waals surface area contributed by atoms with Crippen LogP contribution in [-0.2, 0) is 16.2 Å². The maximum absolute atomic E-state index is 2.55. The minimum atomic E-state index is -0.555. The molecule has 1 nitrogen and oxygen atoms in total. The van der Waals surface area contributed by atoms with Crippen molar-refractivity contribution in [2.75, 3.05) is 4.90 Å². The summed E-state index contributed by atoms with van der Waals surface area (Å²) in [5.74, 6) is 0. The molecule has 0 aromatic heterocycles. The van der Waals surface area contributed by atoms with Crippen molar-refractivity contribution < 1.29 is 0 Å². The summed E-state index contributed by atoms with van der Waals surface area (Å²) in [6.45, 7) is 4.86. The maximum Gasteiger partial charge on any atom is 0.0714 e. The summed E-state index contributed by atoms with van der Waals surface area (Å²) in [5, 5.41) is 0. The average Bonchev–Trinajstić information content (AvgIpc) is 4.01. The zero-order valence-corrected chi connectivity index (χ0v) is 40.4. The van der Waals surface area contributed by atoms with Gasteiger partial charge in [-0.25, -0.2) is 0 Å². The maximum atomic E-state index is 2.55. The third kappa shape index (κ3) is 5.89. The van der Waals surface area contributed by atoms with Crippen LogP contribution in [0.4, 0.5) is 17.1 Å². The molecule has 0 heterocycles. The molecular formula is C71H51N. The summed E-state index contributed by atoms with van der Waals surface area (Å²) >= 11 is 0. The van der Waals surface area contributed by atoms with Gasteiger partial charge in [-0.1, -0.05) is 237 Å². The number of fused-ring (bicyclic) bond motifs is 9. The van der Waals surface area contributed by atoms with Crippen LogP contribution in [-0.4, -0.2) is 0 Å². The zero-order chi connectivity index (χ0) is 48.0. The van der Waals surface area contributed by atoms with Crippen molar-refractivity contribution in [3.8, 4) is 44.5 Å². The van der Waals surface area contributed by atoms with Gasteiger partial charge in [0.05, 0.1) is 5.41 Å². The second-order valence-corrected chi connectivity index (χ2v) is 20.2. The van der Waals surface area contributed by atoms with Gasteiger partial charge in [-0.3, -0.25) is 0 Å². The van der Waals surface area contributed by atoms with Crippen molar-refractivity contribution in [3.63, 3.8) is 0 Å². The second kappa shape index (κ2) is 16.1. The van der Waals surface area contributed by atoms with E-state index >= 15 is 0 Å². The molecule has 3 aliphatic rings. The Hall–Kier alpha value is -8.78. The normalized spacial score (nSPS) is 17.2. The molecule has 14 rings (SSSR count). The van der Waals surface area contributed by atoms with Crippen LogP contribution in [0.5, 0.6) is 0 Å². The fourth-order valence-corrected chi connectivity index (χ4v) is 13.4. The molecule has 3 aliphatic carbocycles. The monoisotopic (exact) mass is 917 g/mol. The number of hydrogen-bond acceptors (Lipinski definition) is 1. The van der Waals surface area contributed by atoms with E-state index < -0.39 is 10.8 Å². The standard InChI is InChI=1S/C71H51N/c1-69(49-25-10-4-11-26-49)62-36-20-18-33-57(62)59-42-39-53(45-65(59)69)72(55-40-43-60-58-34-19-21-37-63(58)71(67(60)47-55,51-29-14-6-15-30-51)52-31-16-7-17-32-52)54-41-44-61-66(46-54)70(2,50-27-12-5-13-28-50)64-38-22-35-56(68(61)64)48-23-8-3-9-24-48/h3-47H,1-2H3. The Morgan fingerprint density at radius 2 is 0.611 bits per heavy atom. The number of nitrogens with zero attached hydrogens (tertiary/aromatic N) is 1. The van der Waals surface area contributed by atoms with E-state index in [-0.39, 0.29) is 5.41 Å². The first-order valence-corrected chi connectivity index (χ1v) is 25.3. The first-order valence-electron chi connectivity index (χ1n) is 25.3. The minimum Gasteiger partial charge on any atom is -0.310 e. The second-order valence-electron chi connectivity index (χ2n) is 20.2.